The molecule has 0 saturated carbocycles. The number of thioether (sulfide) groups is 1. The van der Waals surface area contributed by atoms with Gasteiger partial charge in [0.15, 0.2) is 11.8 Å². The number of pyridine rings is 1. The van der Waals surface area contributed by atoms with Crippen molar-refractivity contribution in [3.05, 3.63) is 41.3 Å². The number of hydrogen-bond donors (Lipinski definition) is 2. The summed E-state index contributed by atoms with van der Waals surface area (Å²) in [6.45, 7) is 5.60. The molecule has 0 fully saturated rings. The van der Waals surface area contributed by atoms with E-state index in [4.69, 9.17) is 0 Å². The Balaban J connectivity index is 1.93. The first-order valence-electron chi connectivity index (χ1n) is 7.56. The third-order valence-electron chi connectivity index (χ3n) is 3.32. The first-order valence-corrected chi connectivity index (χ1v) is 8.95. The Morgan fingerprint density at radius 1 is 1.30 bits per heavy atom. The van der Waals surface area contributed by atoms with E-state index in [1.165, 1.54) is 0 Å². The molecule has 2 rings (SSSR count). The van der Waals surface area contributed by atoms with Gasteiger partial charge in [0.05, 0.1) is 5.69 Å². The molecule has 0 aliphatic carbocycles. The zero-order valence-corrected chi connectivity index (χ0v) is 14.9. The molecule has 7 heteroatoms. The summed E-state index contributed by atoms with van der Waals surface area (Å²) in [5.41, 5.74) is 3.18. The van der Waals surface area contributed by atoms with Crippen molar-refractivity contribution in [1.82, 2.24) is 25.4 Å². The van der Waals surface area contributed by atoms with Crippen LogP contribution in [0.25, 0.3) is 5.82 Å². The zero-order chi connectivity index (χ0) is 16.7. The predicted octanol–water partition coefficient (Wildman–Crippen LogP) is 1.91. The first kappa shape index (κ1) is 17.3. The summed E-state index contributed by atoms with van der Waals surface area (Å²) < 4.78 is 1.86. The van der Waals surface area contributed by atoms with E-state index in [2.05, 4.69) is 38.0 Å². The minimum Gasteiger partial charge on any atom is -0.356 e. The fourth-order valence-corrected chi connectivity index (χ4v) is 2.49. The van der Waals surface area contributed by atoms with E-state index < -0.39 is 0 Å². The van der Waals surface area contributed by atoms with E-state index in [1.807, 2.05) is 48.6 Å². The highest BCUT2D eigenvalue weighted by Crippen LogP contribution is 2.10. The quantitative estimate of drug-likeness (QED) is 0.480. The lowest BCUT2D eigenvalue weighted by Gasteiger charge is -2.11. The normalized spacial score (nSPS) is 11.6. The summed E-state index contributed by atoms with van der Waals surface area (Å²) in [4.78, 5) is 8.70. The summed E-state index contributed by atoms with van der Waals surface area (Å²) in [6, 6.07) is 6.09. The van der Waals surface area contributed by atoms with E-state index in [0.29, 0.717) is 6.54 Å². The van der Waals surface area contributed by atoms with Crippen molar-refractivity contribution < 1.29 is 0 Å². The molecule has 0 unspecified atom stereocenters. The third-order valence-corrected chi connectivity index (χ3v) is 3.93. The Morgan fingerprint density at radius 2 is 2.13 bits per heavy atom. The Hall–Kier alpha value is -2.02. The number of aliphatic imine (C=N–C) groups is 1. The number of rotatable bonds is 6. The van der Waals surface area contributed by atoms with Gasteiger partial charge in [-0.25, -0.2) is 9.67 Å². The molecule has 0 saturated heterocycles. The molecule has 0 amide bonds. The van der Waals surface area contributed by atoms with Gasteiger partial charge in [0.25, 0.3) is 0 Å². The van der Waals surface area contributed by atoms with E-state index in [9.17, 15) is 0 Å². The van der Waals surface area contributed by atoms with Gasteiger partial charge in [0.1, 0.15) is 0 Å². The van der Waals surface area contributed by atoms with Gasteiger partial charge in [-0.15, -0.1) is 0 Å². The molecule has 23 heavy (non-hydrogen) atoms. The highest BCUT2D eigenvalue weighted by Gasteiger charge is 2.05. The molecule has 0 aromatic carbocycles. The first-order chi connectivity index (χ1) is 11.1. The Labute approximate surface area is 141 Å². The lowest BCUT2D eigenvalue weighted by atomic mass is 10.3. The number of nitrogens with one attached hydrogen (secondary N) is 2. The van der Waals surface area contributed by atoms with Gasteiger partial charge >= 0.3 is 0 Å². The van der Waals surface area contributed by atoms with Crippen LogP contribution in [0.5, 0.6) is 0 Å². The van der Waals surface area contributed by atoms with E-state index in [-0.39, 0.29) is 0 Å². The maximum atomic E-state index is 4.50. The summed E-state index contributed by atoms with van der Waals surface area (Å²) >= 11 is 1.81. The minimum atomic E-state index is 0.684. The third kappa shape index (κ3) is 4.99. The fourth-order valence-electron chi connectivity index (χ4n) is 2.19. The molecule has 0 bridgehead atoms. The molecule has 2 heterocycles. The van der Waals surface area contributed by atoms with Crippen LogP contribution in [0.3, 0.4) is 0 Å². The van der Waals surface area contributed by atoms with Crippen LogP contribution in [-0.4, -0.2) is 46.3 Å². The summed E-state index contributed by atoms with van der Waals surface area (Å²) in [5, 5.41) is 11.0. The highest BCUT2D eigenvalue weighted by atomic mass is 32.2. The van der Waals surface area contributed by atoms with E-state index in [0.717, 1.165) is 41.0 Å². The molecule has 6 nitrogen and oxygen atoms in total. The van der Waals surface area contributed by atoms with Gasteiger partial charge < -0.3 is 10.6 Å². The van der Waals surface area contributed by atoms with Gasteiger partial charge in [-0.1, -0.05) is 6.07 Å². The average molecular weight is 332 g/mol. The van der Waals surface area contributed by atoms with Crippen molar-refractivity contribution in [1.29, 1.82) is 0 Å². The minimum absolute atomic E-state index is 0.684. The van der Waals surface area contributed by atoms with Crippen molar-refractivity contribution >= 4 is 17.7 Å². The summed E-state index contributed by atoms with van der Waals surface area (Å²) in [7, 11) is 1.78. The van der Waals surface area contributed by atoms with Crippen molar-refractivity contribution in [2.24, 2.45) is 4.99 Å². The predicted molar refractivity (Wildman–Crippen MR) is 97.4 cm³/mol. The molecule has 0 aliphatic heterocycles. The van der Waals surface area contributed by atoms with Crippen LogP contribution in [0.15, 0.2) is 29.4 Å². The Kier molecular flexibility index (Phi) is 6.46. The molecular weight excluding hydrogens is 308 g/mol. The second kappa shape index (κ2) is 8.57. The molecule has 0 spiro atoms. The Bertz CT molecular complexity index is 647. The van der Waals surface area contributed by atoms with Gasteiger partial charge in [0.2, 0.25) is 0 Å². The lowest BCUT2D eigenvalue weighted by molar-refractivity contribution is 0.795. The van der Waals surface area contributed by atoms with Crippen molar-refractivity contribution in [2.75, 3.05) is 25.6 Å². The topological polar surface area (TPSA) is 67.1 Å². The van der Waals surface area contributed by atoms with Gasteiger partial charge in [-0.2, -0.15) is 16.9 Å². The molecule has 2 aromatic rings. The molecule has 2 N–H and O–H groups in total. The zero-order valence-electron chi connectivity index (χ0n) is 14.1. The second-order valence-electron chi connectivity index (χ2n) is 5.21. The highest BCUT2D eigenvalue weighted by molar-refractivity contribution is 7.98. The van der Waals surface area contributed by atoms with Crippen LogP contribution in [0.2, 0.25) is 0 Å². The molecule has 0 atom stereocenters. The molecule has 124 valence electrons. The van der Waals surface area contributed by atoms with Crippen molar-refractivity contribution in [2.45, 2.75) is 20.4 Å². The smallest absolute Gasteiger partial charge is 0.191 e. The van der Waals surface area contributed by atoms with Crippen LogP contribution < -0.4 is 10.6 Å². The standard InChI is InChI=1S/C16H24N6S/c1-12-9-13(2)22(21-12)15-6-5-14(10-19-15)11-20-16(17-3)18-7-8-23-4/h5-6,9-10H,7-8,11H2,1-4H3,(H2,17,18,20). The summed E-state index contributed by atoms with van der Waals surface area (Å²) in [5.74, 6) is 2.70. The molecular formula is C16H24N6S. The van der Waals surface area contributed by atoms with Crippen molar-refractivity contribution in [3.8, 4) is 5.82 Å². The van der Waals surface area contributed by atoms with Crippen LogP contribution in [-0.2, 0) is 6.54 Å². The fraction of sp³-hybridized carbons (Fsp3) is 0.438. The number of nitrogens with zero attached hydrogens (tertiary/aromatic N) is 4. The average Bonchev–Trinajstić information content (AvgIpc) is 2.90. The van der Waals surface area contributed by atoms with Crippen LogP contribution in [0.1, 0.15) is 17.0 Å². The number of aromatic nitrogens is 3. The molecule has 0 aliphatic rings. The SMILES string of the molecule is CN=C(NCCSC)NCc1ccc(-n2nc(C)cc2C)nc1. The van der Waals surface area contributed by atoms with Crippen molar-refractivity contribution in [3.63, 3.8) is 0 Å². The lowest BCUT2D eigenvalue weighted by Crippen LogP contribution is -2.37. The van der Waals surface area contributed by atoms with Gasteiger partial charge in [0, 0.05) is 37.8 Å². The van der Waals surface area contributed by atoms with E-state index in [1.54, 1.807) is 7.05 Å². The number of guanidine groups is 1. The maximum absolute atomic E-state index is 4.50. The largest absolute Gasteiger partial charge is 0.356 e. The Morgan fingerprint density at radius 3 is 2.70 bits per heavy atom. The number of aryl methyl sites for hydroxylation is 2. The second-order valence-corrected chi connectivity index (χ2v) is 6.19. The molecule has 0 radical (unpaired) electrons. The number of hydrogen-bond acceptors (Lipinski definition) is 4. The van der Waals surface area contributed by atoms with Crippen LogP contribution in [0.4, 0.5) is 0 Å². The monoisotopic (exact) mass is 332 g/mol. The van der Waals surface area contributed by atoms with Gasteiger partial charge in [-0.3, -0.25) is 4.99 Å². The van der Waals surface area contributed by atoms with E-state index >= 15 is 0 Å². The van der Waals surface area contributed by atoms with Crippen LogP contribution >= 0.6 is 11.8 Å². The van der Waals surface area contributed by atoms with Gasteiger partial charge in [-0.05, 0) is 37.8 Å². The summed E-state index contributed by atoms with van der Waals surface area (Å²) in [6.07, 6.45) is 3.96. The van der Waals surface area contributed by atoms with Crippen LogP contribution in [0, 0.1) is 13.8 Å². The molecule has 2 aromatic heterocycles. The maximum Gasteiger partial charge on any atom is 0.191 e.